The first kappa shape index (κ1) is 35.0. The standard InChI is InChI=1S/C32H42N8O9/c1-48-31(45)33-13-12-23(30(44)37-15-17-38(18-16-37)32(46)47)35-28(42)24-19-27(40(36-24)22-9-3-2-4-10-22)49-20-26(41)39-14-6-11-25(39)29(43)34-21-7-5-8-21/h2-4,9-10,19,21,23,25H,5-8,11-18,20H2,1H3,(H,33,45)(H,34,43)(H,35,42)(H,46,47). The van der Waals surface area contributed by atoms with Gasteiger partial charge in [0.25, 0.3) is 11.8 Å². The predicted molar refractivity (Wildman–Crippen MR) is 172 cm³/mol. The fourth-order valence-electron chi connectivity index (χ4n) is 5.96. The Morgan fingerprint density at radius 2 is 1.67 bits per heavy atom. The Kier molecular flexibility index (Phi) is 11.5. The van der Waals surface area contributed by atoms with Gasteiger partial charge in [-0.25, -0.2) is 14.3 Å². The molecule has 1 aliphatic carbocycles. The van der Waals surface area contributed by atoms with Gasteiger partial charge in [-0.3, -0.25) is 19.2 Å². The number of benzene rings is 1. The van der Waals surface area contributed by atoms with Crippen molar-refractivity contribution in [1.82, 2.24) is 40.4 Å². The van der Waals surface area contributed by atoms with Crippen molar-refractivity contribution in [3.05, 3.63) is 42.1 Å². The summed E-state index contributed by atoms with van der Waals surface area (Å²) in [5.41, 5.74) is 0.453. The lowest BCUT2D eigenvalue weighted by atomic mass is 9.93. The highest BCUT2D eigenvalue weighted by Crippen LogP contribution is 2.24. The molecule has 3 aliphatic rings. The molecule has 3 heterocycles. The van der Waals surface area contributed by atoms with Crippen molar-refractivity contribution < 1.29 is 43.3 Å². The number of nitrogens with one attached hydrogen (secondary N) is 3. The molecule has 5 rings (SSSR count). The number of ether oxygens (including phenoxy) is 2. The minimum atomic E-state index is -1.09. The molecular weight excluding hydrogens is 640 g/mol. The maximum absolute atomic E-state index is 13.6. The summed E-state index contributed by atoms with van der Waals surface area (Å²) in [7, 11) is 1.20. The number of aromatic nitrogens is 2. The second kappa shape index (κ2) is 16.2. The van der Waals surface area contributed by atoms with E-state index in [4.69, 9.17) is 4.74 Å². The summed E-state index contributed by atoms with van der Waals surface area (Å²) in [6.07, 6.45) is 2.47. The molecule has 17 heteroatoms. The third kappa shape index (κ3) is 8.77. The number of methoxy groups -OCH3 is 1. The SMILES string of the molecule is COC(=O)NCCC(NC(=O)c1cc(OCC(=O)N2CCCC2C(=O)NC2CCC2)n(-c2ccccc2)n1)C(=O)N1CCN(C(=O)O)CC1. The van der Waals surface area contributed by atoms with E-state index in [9.17, 15) is 33.9 Å². The number of likely N-dealkylation sites (tertiary alicyclic amines) is 1. The highest BCUT2D eigenvalue weighted by molar-refractivity contribution is 5.96. The molecule has 4 N–H and O–H groups in total. The Hall–Kier alpha value is -5.35. The van der Waals surface area contributed by atoms with Crippen LogP contribution in [0.1, 0.15) is 49.0 Å². The van der Waals surface area contributed by atoms with E-state index in [1.54, 1.807) is 24.3 Å². The zero-order valence-corrected chi connectivity index (χ0v) is 27.3. The summed E-state index contributed by atoms with van der Waals surface area (Å²) in [6, 6.07) is 8.70. The number of hydrogen-bond acceptors (Lipinski definition) is 9. The van der Waals surface area contributed by atoms with Gasteiger partial charge in [0.15, 0.2) is 12.3 Å². The molecule has 6 amide bonds. The van der Waals surface area contributed by atoms with Gasteiger partial charge >= 0.3 is 12.2 Å². The summed E-state index contributed by atoms with van der Waals surface area (Å²) >= 11 is 0. The Morgan fingerprint density at radius 1 is 0.959 bits per heavy atom. The summed E-state index contributed by atoms with van der Waals surface area (Å²) in [4.78, 5) is 80.4. The molecule has 2 saturated heterocycles. The topological polar surface area (TPSA) is 205 Å². The summed E-state index contributed by atoms with van der Waals surface area (Å²) in [6.45, 7) is 0.549. The fourth-order valence-corrected chi connectivity index (χ4v) is 5.96. The highest BCUT2D eigenvalue weighted by atomic mass is 16.5. The highest BCUT2D eigenvalue weighted by Gasteiger charge is 2.36. The zero-order chi connectivity index (χ0) is 34.9. The third-order valence-electron chi connectivity index (χ3n) is 8.93. The quantitative estimate of drug-likeness (QED) is 0.245. The molecule has 3 fully saturated rings. The molecule has 0 bridgehead atoms. The molecule has 264 valence electrons. The average molecular weight is 683 g/mol. The molecule has 2 unspecified atom stereocenters. The monoisotopic (exact) mass is 682 g/mol. The Bertz CT molecular complexity index is 1520. The lowest BCUT2D eigenvalue weighted by Gasteiger charge is -2.35. The van der Waals surface area contributed by atoms with Crippen LogP contribution in [0.25, 0.3) is 5.69 Å². The van der Waals surface area contributed by atoms with Gasteiger partial charge in [-0.1, -0.05) is 18.2 Å². The summed E-state index contributed by atoms with van der Waals surface area (Å²) in [5.74, 6) is -1.59. The Morgan fingerprint density at radius 3 is 2.33 bits per heavy atom. The number of para-hydroxylation sites is 1. The smallest absolute Gasteiger partial charge is 0.407 e. The van der Waals surface area contributed by atoms with Crippen LogP contribution in [0.15, 0.2) is 36.4 Å². The normalized spacial score (nSPS) is 18.2. The number of amides is 6. The first-order valence-electron chi connectivity index (χ1n) is 16.4. The maximum Gasteiger partial charge on any atom is 0.407 e. The van der Waals surface area contributed by atoms with Gasteiger partial charge in [-0.2, -0.15) is 5.10 Å². The Balaban J connectivity index is 1.29. The van der Waals surface area contributed by atoms with Crippen molar-refractivity contribution in [1.29, 1.82) is 0 Å². The number of alkyl carbamates (subject to hydrolysis) is 1. The van der Waals surface area contributed by atoms with E-state index in [0.29, 0.717) is 25.1 Å². The molecular formula is C32H42N8O9. The van der Waals surface area contributed by atoms with Gasteiger partial charge in [0.05, 0.1) is 12.8 Å². The summed E-state index contributed by atoms with van der Waals surface area (Å²) < 4.78 is 11.9. The zero-order valence-electron chi connectivity index (χ0n) is 27.3. The molecule has 17 nitrogen and oxygen atoms in total. The van der Waals surface area contributed by atoms with E-state index in [1.807, 2.05) is 6.07 Å². The minimum Gasteiger partial charge on any atom is -0.467 e. The first-order valence-corrected chi connectivity index (χ1v) is 16.4. The van der Waals surface area contributed by atoms with Crippen LogP contribution in [-0.4, -0.2) is 137 Å². The number of carboxylic acid groups (broad SMARTS) is 1. The van der Waals surface area contributed by atoms with E-state index in [-0.39, 0.29) is 68.6 Å². The van der Waals surface area contributed by atoms with Gasteiger partial charge in [0.1, 0.15) is 12.1 Å². The van der Waals surface area contributed by atoms with Crippen LogP contribution in [0.2, 0.25) is 0 Å². The molecule has 1 saturated carbocycles. The first-order chi connectivity index (χ1) is 23.6. The minimum absolute atomic E-state index is 0.00352. The second-order valence-electron chi connectivity index (χ2n) is 12.1. The number of nitrogens with zero attached hydrogens (tertiary/aromatic N) is 5. The van der Waals surface area contributed by atoms with Crippen molar-refractivity contribution >= 4 is 35.8 Å². The van der Waals surface area contributed by atoms with E-state index in [2.05, 4.69) is 25.8 Å². The van der Waals surface area contributed by atoms with Crippen molar-refractivity contribution in [2.75, 3.05) is 53.0 Å². The van der Waals surface area contributed by atoms with Crippen LogP contribution in [0.3, 0.4) is 0 Å². The van der Waals surface area contributed by atoms with Crippen molar-refractivity contribution in [3.63, 3.8) is 0 Å². The molecule has 0 spiro atoms. The van der Waals surface area contributed by atoms with Crippen LogP contribution >= 0.6 is 0 Å². The Labute approximate surface area is 282 Å². The number of carbonyl (C=O) groups is 6. The lowest BCUT2D eigenvalue weighted by Crippen LogP contribution is -2.56. The molecule has 2 aliphatic heterocycles. The molecule has 0 radical (unpaired) electrons. The maximum atomic E-state index is 13.6. The van der Waals surface area contributed by atoms with Crippen LogP contribution in [0, 0.1) is 0 Å². The van der Waals surface area contributed by atoms with Gasteiger partial charge in [-0.15, -0.1) is 0 Å². The predicted octanol–water partition coefficient (Wildman–Crippen LogP) is 0.578. The van der Waals surface area contributed by atoms with Crippen molar-refractivity contribution in [2.24, 2.45) is 0 Å². The van der Waals surface area contributed by atoms with Gasteiger partial charge in [0.2, 0.25) is 17.7 Å². The van der Waals surface area contributed by atoms with Crippen LogP contribution in [-0.2, 0) is 19.1 Å². The van der Waals surface area contributed by atoms with E-state index in [1.165, 1.54) is 32.6 Å². The van der Waals surface area contributed by atoms with Crippen LogP contribution in [0.4, 0.5) is 9.59 Å². The molecule has 2 atom stereocenters. The third-order valence-corrected chi connectivity index (χ3v) is 8.93. The number of piperazine rings is 1. The largest absolute Gasteiger partial charge is 0.467 e. The fraction of sp³-hybridized carbons (Fsp3) is 0.531. The lowest BCUT2D eigenvalue weighted by molar-refractivity contribution is -0.140. The van der Waals surface area contributed by atoms with Crippen molar-refractivity contribution in [3.8, 4) is 11.6 Å². The van der Waals surface area contributed by atoms with Gasteiger partial charge in [-0.05, 0) is 50.7 Å². The molecule has 49 heavy (non-hydrogen) atoms. The number of hydrogen-bond donors (Lipinski definition) is 4. The van der Waals surface area contributed by atoms with E-state index >= 15 is 0 Å². The van der Waals surface area contributed by atoms with Crippen LogP contribution in [0.5, 0.6) is 5.88 Å². The number of rotatable bonds is 12. The van der Waals surface area contributed by atoms with E-state index in [0.717, 1.165) is 19.3 Å². The van der Waals surface area contributed by atoms with Crippen molar-refractivity contribution in [2.45, 2.75) is 56.7 Å². The second-order valence-corrected chi connectivity index (χ2v) is 12.1. The van der Waals surface area contributed by atoms with Crippen LogP contribution < -0.4 is 20.7 Å². The average Bonchev–Trinajstić information content (AvgIpc) is 3.77. The number of carbonyl (C=O) groups excluding carboxylic acids is 5. The molecule has 2 aromatic rings. The molecule has 1 aromatic heterocycles. The van der Waals surface area contributed by atoms with Gasteiger partial charge in [0, 0.05) is 51.4 Å². The summed E-state index contributed by atoms with van der Waals surface area (Å²) in [5, 5.41) is 21.9. The van der Waals surface area contributed by atoms with Gasteiger partial charge < -0.3 is 45.2 Å². The molecule has 1 aromatic carbocycles. The van der Waals surface area contributed by atoms with E-state index < -0.39 is 42.7 Å².